The summed E-state index contributed by atoms with van der Waals surface area (Å²) in [5, 5.41) is 7.82. The maximum Gasteiger partial charge on any atom is 0.262 e. The van der Waals surface area contributed by atoms with E-state index >= 15 is 0 Å². The molecule has 4 N–H and O–H groups in total. The van der Waals surface area contributed by atoms with Gasteiger partial charge in [-0.2, -0.15) is 0 Å². The van der Waals surface area contributed by atoms with Crippen LogP contribution in [0.5, 0.6) is 11.5 Å². The van der Waals surface area contributed by atoms with E-state index in [0.717, 1.165) is 0 Å². The Morgan fingerprint density at radius 3 is 2.15 bits per heavy atom. The summed E-state index contributed by atoms with van der Waals surface area (Å²) in [5.41, 5.74) is 0.353. The van der Waals surface area contributed by atoms with Crippen LogP contribution in [-0.2, 0) is 24.8 Å². The Hall–Kier alpha value is -3.32. The maximum atomic E-state index is 12.8. The number of sulfonamides is 2. The van der Waals surface area contributed by atoms with Crippen LogP contribution < -0.4 is 24.7 Å². The smallest absolute Gasteiger partial charge is 0.262 e. The number of carbonyl (C=O) groups excluding carboxylic acids is 1. The molecule has 180 valence electrons. The SMILES string of the molecule is COc1ccc(S(=O)(=O)Nc2cc(Cl)ccc2OCC(=O)Nc2ccc(S(N)(=O)=O)cc2)cc1. The molecule has 0 spiro atoms. The minimum atomic E-state index is -3.98. The topological polar surface area (TPSA) is 154 Å². The molecule has 3 aromatic rings. The Kier molecular flexibility index (Phi) is 7.67. The summed E-state index contributed by atoms with van der Waals surface area (Å²) in [6.45, 7) is -0.462. The van der Waals surface area contributed by atoms with Crippen LogP contribution in [0, 0.1) is 0 Å². The van der Waals surface area contributed by atoms with Gasteiger partial charge < -0.3 is 14.8 Å². The van der Waals surface area contributed by atoms with Gasteiger partial charge in [-0.3, -0.25) is 9.52 Å². The summed E-state index contributed by atoms with van der Waals surface area (Å²) in [4.78, 5) is 12.1. The summed E-state index contributed by atoms with van der Waals surface area (Å²) < 4.78 is 61.0. The molecule has 10 nitrogen and oxygen atoms in total. The van der Waals surface area contributed by atoms with Crippen LogP contribution in [0.15, 0.2) is 76.5 Å². The molecule has 0 aliphatic carbocycles. The first-order valence-electron chi connectivity index (χ1n) is 9.50. The van der Waals surface area contributed by atoms with Gasteiger partial charge in [-0.1, -0.05) is 11.6 Å². The lowest BCUT2D eigenvalue weighted by Crippen LogP contribution is -2.21. The minimum Gasteiger partial charge on any atom is -0.497 e. The second-order valence-corrected chi connectivity index (χ2v) is 10.5. The third-order valence-corrected chi connectivity index (χ3v) is 6.93. The van der Waals surface area contributed by atoms with Gasteiger partial charge in [-0.15, -0.1) is 0 Å². The molecule has 0 saturated carbocycles. The Balaban J connectivity index is 1.70. The number of benzene rings is 3. The number of rotatable bonds is 9. The van der Waals surface area contributed by atoms with Crippen LogP contribution in [0.2, 0.25) is 5.02 Å². The second kappa shape index (κ2) is 10.3. The second-order valence-electron chi connectivity index (χ2n) is 6.83. The molecule has 13 heteroatoms. The van der Waals surface area contributed by atoms with Gasteiger partial charge in [-0.25, -0.2) is 22.0 Å². The molecule has 0 aromatic heterocycles. The summed E-state index contributed by atoms with van der Waals surface area (Å²) in [5.74, 6) is -0.000455. The number of methoxy groups -OCH3 is 1. The zero-order chi connectivity index (χ0) is 24.9. The molecule has 0 saturated heterocycles. The molecule has 34 heavy (non-hydrogen) atoms. The number of primary sulfonamides is 1. The fraction of sp³-hybridized carbons (Fsp3) is 0.0952. The van der Waals surface area contributed by atoms with Crippen molar-refractivity contribution in [1.29, 1.82) is 0 Å². The van der Waals surface area contributed by atoms with Gasteiger partial charge in [0, 0.05) is 10.7 Å². The predicted octanol–water partition coefficient (Wildman–Crippen LogP) is 2.81. The number of hydrogen-bond donors (Lipinski definition) is 3. The molecule has 0 fully saturated rings. The highest BCUT2D eigenvalue weighted by atomic mass is 35.5. The number of nitrogens with one attached hydrogen (secondary N) is 2. The van der Waals surface area contributed by atoms with Crippen molar-refractivity contribution in [3.05, 3.63) is 71.8 Å². The molecule has 0 bridgehead atoms. The molecular weight excluding hydrogens is 506 g/mol. The van der Waals surface area contributed by atoms with Gasteiger partial charge in [0.1, 0.15) is 11.5 Å². The third kappa shape index (κ3) is 6.60. The van der Waals surface area contributed by atoms with Crippen molar-refractivity contribution in [3.63, 3.8) is 0 Å². The highest BCUT2D eigenvalue weighted by molar-refractivity contribution is 7.92. The van der Waals surface area contributed by atoms with Crippen LogP contribution in [0.25, 0.3) is 0 Å². The molecule has 3 aromatic carbocycles. The van der Waals surface area contributed by atoms with Crippen LogP contribution in [0.3, 0.4) is 0 Å². The molecule has 0 radical (unpaired) electrons. The Bertz CT molecular complexity index is 1390. The molecule has 0 aliphatic rings. The van der Waals surface area contributed by atoms with Crippen LogP contribution in [0.1, 0.15) is 0 Å². The van der Waals surface area contributed by atoms with E-state index in [-0.39, 0.29) is 26.3 Å². The normalized spacial score (nSPS) is 11.5. The number of anilines is 2. The fourth-order valence-corrected chi connectivity index (χ4v) is 4.48. The zero-order valence-corrected chi connectivity index (χ0v) is 20.1. The van der Waals surface area contributed by atoms with E-state index in [0.29, 0.717) is 11.4 Å². The van der Waals surface area contributed by atoms with E-state index in [4.69, 9.17) is 26.2 Å². The first-order chi connectivity index (χ1) is 16.0. The average Bonchev–Trinajstić information content (AvgIpc) is 2.78. The summed E-state index contributed by atoms with van der Waals surface area (Å²) in [7, 11) is -6.37. The lowest BCUT2D eigenvalue weighted by atomic mass is 10.3. The van der Waals surface area contributed by atoms with Crippen molar-refractivity contribution in [2.45, 2.75) is 9.79 Å². The Labute approximate surface area is 201 Å². The Morgan fingerprint density at radius 2 is 1.56 bits per heavy atom. The third-order valence-electron chi connectivity index (χ3n) is 4.38. The van der Waals surface area contributed by atoms with Crippen LogP contribution in [-0.4, -0.2) is 36.5 Å². The molecule has 3 rings (SSSR count). The predicted molar refractivity (Wildman–Crippen MR) is 127 cm³/mol. The van der Waals surface area contributed by atoms with E-state index in [1.54, 1.807) is 0 Å². The number of ether oxygens (including phenoxy) is 2. The van der Waals surface area contributed by atoms with Crippen LogP contribution in [0.4, 0.5) is 11.4 Å². The van der Waals surface area contributed by atoms with Crippen molar-refractivity contribution >= 4 is 48.9 Å². The molecule has 0 atom stereocenters. The highest BCUT2D eigenvalue weighted by Gasteiger charge is 2.18. The number of amides is 1. The van der Waals surface area contributed by atoms with Crippen molar-refractivity contribution in [2.24, 2.45) is 5.14 Å². The van der Waals surface area contributed by atoms with Crippen molar-refractivity contribution in [3.8, 4) is 11.5 Å². The van der Waals surface area contributed by atoms with Gasteiger partial charge in [0.25, 0.3) is 15.9 Å². The van der Waals surface area contributed by atoms with E-state index in [1.807, 2.05) is 0 Å². The lowest BCUT2D eigenvalue weighted by Gasteiger charge is -2.14. The minimum absolute atomic E-state index is 0.0140. The highest BCUT2D eigenvalue weighted by Crippen LogP contribution is 2.30. The van der Waals surface area contributed by atoms with Gasteiger partial charge >= 0.3 is 0 Å². The monoisotopic (exact) mass is 525 g/mol. The van der Waals surface area contributed by atoms with Crippen molar-refractivity contribution in [1.82, 2.24) is 0 Å². The molecule has 0 heterocycles. The number of hydrogen-bond acceptors (Lipinski definition) is 7. The van der Waals surface area contributed by atoms with E-state index in [2.05, 4.69) is 10.0 Å². The van der Waals surface area contributed by atoms with Crippen molar-refractivity contribution < 1.29 is 31.1 Å². The first-order valence-corrected chi connectivity index (χ1v) is 12.9. The lowest BCUT2D eigenvalue weighted by molar-refractivity contribution is -0.118. The standard InChI is InChI=1S/C21H20ClN3O7S2/c1-31-16-5-9-18(10-6-16)34(29,30)25-19-12-14(22)2-11-20(19)32-13-21(26)24-15-3-7-17(8-4-15)33(23,27)28/h2-12,25H,13H2,1H3,(H,24,26)(H2,23,27,28). The summed E-state index contributed by atoms with van der Waals surface area (Å²) >= 11 is 6.01. The van der Waals surface area contributed by atoms with Gasteiger partial charge in [0.2, 0.25) is 10.0 Å². The first kappa shape index (κ1) is 25.3. The largest absolute Gasteiger partial charge is 0.497 e. The van der Waals surface area contributed by atoms with Crippen molar-refractivity contribution in [2.75, 3.05) is 23.8 Å². The van der Waals surface area contributed by atoms with E-state index in [1.165, 1.54) is 73.8 Å². The number of nitrogens with two attached hydrogens (primary N) is 1. The van der Waals surface area contributed by atoms with Crippen LogP contribution >= 0.6 is 11.6 Å². The summed E-state index contributed by atoms with van der Waals surface area (Å²) in [6, 6.07) is 15.2. The summed E-state index contributed by atoms with van der Waals surface area (Å²) in [6.07, 6.45) is 0. The Morgan fingerprint density at radius 1 is 0.941 bits per heavy atom. The zero-order valence-electron chi connectivity index (χ0n) is 17.7. The number of halogens is 1. The van der Waals surface area contributed by atoms with Gasteiger partial charge in [-0.05, 0) is 66.7 Å². The van der Waals surface area contributed by atoms with Gasteiger partial charge in [0.05, 0.1) is 22.6 Å². The van der Waals surface area contributed by atoms with E-state index in [9.17, 15) is 21.6 Å². The molecule has 1 amide bonds. The maximum absolute atomic E-state index is 12.8. The average molecular weight is 526 g/mol. The van der Waals surface area contributed by atoms with Gasteiger partial charge in [0.15, 0.2) is 6.61 Å². The molecule has 0 unspecified atom stereocenters. The molecule has 0 aliphatic heterocycles. The number of carbonyl (C=O) groups is 1. The quantitative estimate of drug-likeness (QED) is 0.388. The van der Waals surface area contributed by atoms with E-state index < -0.39 is 32.6 Å². The fourth-order valence-electron chi connectivity index (χ4n) is 2.73. The molecular formula is C21H20ClN3O7S2.